The highest BCUT2D eigenvalue weighted by molar-refractivity contribution is 5.80. The molecule has 0 amide bonds. The number of hydrogen-bond acceptors (Lipinski definition) is 11. The molecule has 0 aromatic heterocycles. The third-order valence-electron chi connectivity index (χ3n) is 5.22. The van der Waals surface area contributed by atoms with Crippen LogP contribution in [0.25, 0.3) is 0 Å². The van der Waals surface area contributed by atoms with E-state index in [-0.39, 0.29) is 5.96 Å². The molecule has 11 nitrogen and oxygen atoms in total. The van der Waals surface area contributed by atoms with Gasteiger partial charge in [0.1, 0.15) is 29.5 Å². The van der Waals surface area contributed by atoms with Gasteiger partial charge >= 0.3 is 5.97 Å². The van der Waals surface area contributed by atoms with Crippen LogP contribution in [0, 0.1) is 5.92 Å². The van der Waals surface area contributed by atoms with E-state index in [4.69, 9.17) is 15.2 Å². The van der Waals surface area contributed by atoms with Crippen molar-refractivity contribution in [3.8, 4) is 0 Å². The summed E-state index contributed by atoms with van der Waals surface area (Å²) in [6, 6.07) is 0. The molecule has 9 N–H and O–H groups in total. The van der Waals surface area contributed by atoms with Crippen molar-refractivity contribution in [2.45, 2.75) is 47.8 Å². The second-order valence-electron chi connectivity index (χ2n) is 6.22. The Kier molecular flexibility index (Phi) is 2.57. The Labute approximate surface area is 123 Å². The summed E-state index contributed by atoms with van der Waals surface area (Å²) in [5, 5.41) is 64.3. The first kappa shape index (κ1) is 14.5. The Balaban J connectivity index is 1.95. The molecule has 4 heterocycles. The molecule has 9 atom stereocenters. The lowest BCUT2D eigenvalue weighted by Crippen LogP contribution is -2.95. The minimum atomic E-state index is -2.52. The Morgan fingerprint density at radius 2 is 1.82 bits per heavy atom. The van der Waals surface area contributed by atoms with Crippen LogP contribution in [0.2, 0.25) is 0 Å². The van der Waals surface area contributed by atoms with E-state index in [0.717, 1.165) is 0 Å². The largest absolute Gasteiger partial charge is 0.393 e. The van der Waals surface area contributed by atoms with Crippen LogP contribution in [0.15, 0.2) is 4.99 Å². The van der Waals surface area contributed by atoms with E-state index in [0.29, 0.717) is 0 Å². The van der Waals surface area contributed by atoms with Gasteiger partial charge in [-0.25, -0.2) is 4.99 Å². The topological polar surface area (TPSA) is 190 Å². The second-order valence-corrected chi connectivity index (χ2v) is 6.22. The van der Waals surface area contributed by atoms with Gasteiger partial charge in [-0.15, -0.1) is 0 Å². The molecule has 0 unspecified atom stereocenters. The van der Waals surface area contributed by atoms with Gasteiger partial charge in [0.15, 0.2) is 18.3 Å². The van der Waals surface area contributed by atoms with E-state index in [1.165, 1.54) is 0 Å². The number of aliphatic imine (C=N–C) groups is 1. The third kappa shape index (κ3) is 1.28. The fraction of sp³-hybridized carbons (Fsp3) is 0.909. The third-order valence-corrected chi connectivity index (χ3v) is 5.22. The smallest absolute Gasteiger partial charge is 0.311 e. The van der Waals surface area contributed by atoms with Gasteiger partial charge in [-0.3, -0.25) is 0 Å². The molecule has 0 aromatic carbocycles. The fourth-order valence-corrected chi connectivity index (χ4v) is 4.24. The highest BCUT2D eigenvalue weighted by Gasteiger charge is 2.82. The molecule has 4 fully saturated rings. The van der Waals surface area contributed by atoms with E-state index >= 15 is 0 Å². The van der Waals surface area contributed by atoms with Crippen LogP contribution in [-0.4, -0.2) is 91.0 Å². The van der Waals surface area contributed by atoms with Gasteiger partial charge in [0.2, 0.25) is 0 Å². The summed E-state index contributed by atoms with van der Waals surface area (Å²) < 4.78 is 10.3. The van der Waals surface area contributed by atoms with Crippen LogP contribution < -0.4 is 11.1 Å². The van der Waals surface area contributed by atoms with Crippen LogP contribution in [0.5, 0.6) is 0 Å². The summed E-state index contributed by atoms with van der Waals surface area (Å²) in [5.41, 5.74) is 1.74. The predicted molar refractivity (Wildman–Crippen MR) is 65.7 cm³/mol. The van der Waals surface area contributed by atoms with Crippen molar-refractivity contribution in [2.75, 3.05) is 6.61 Å². The zero-order valence-corrected chi connectivity index (χ0v) is 11.2. The molecule has 5 aliphatic rings. The molecule has 3 saturated heterocycles. The standard InChI is InChI=1S/C11H17N3O8/c12-8-13-6(17)2-4-9(19,1-15)5-3(16)10(2,14-8)7(18)11(20,21-4)22-5/h2-7,15-20H,1H2,(H3,12,13,14)/t2-,3-,4-,5-,6-,7+,9-,10-,11+/m1/s1. The van der Waals surface area contributed by atoms with E-state index in [1.54, 1.807) is 0 Å². The van der Waals surface area contributed by atoms with Crippen molar-refractivity contribution in [1.82, 2.24) is 5.32 Å². The minimum Gasteiger partial charge on any atom is -0.393 e. The Morgan fingerprint density at radius 1 is 1.18 bits per heavy atom. The average molecular weight is 319 g/mol. The highest BCUT2D eigenvalue weighted by Crippen LogP contribution is 2.58. The van der Waals surface area contributed by atoms with Crippen molar-refractivity contribution in [3.05, 3.63) is 0 Å². The van der Waals surface area contributed by atoms with Crippen molar-refractivity contribution in [2.24, 2.45) is 16.6 Å². The number of aliphatic hydroxyl groups is 6. The maximum atomic E-state index is 10.6. The van der Waals surface area contributed by atoms with E-state index in [9.17, 15) is 30.6 Å². The maximum Gasteiger partial charge on any atom is 0.311 e. The monoisotopic (exact) mass is 319 g/mol. The molecule has 11 heteroatoms. The summed E-state index contributed by atoms with van der Waals surface area (Å²) in [7, 11) is 0. The van der Waals surface area contributed by atoms with Crippen molar-refractivity contribution in [1.29, 1.82) is 0 Å². The molecule has 4 bridgehead atoms. The molecule has 5 rings (SSSR count). The first-order chi connectivity index (χ1) is 10.2. The number of hydrogen-bond donors (Lipinski definition) is 8. The van der Waals surface area contributed by atoms with E-state index < -0.39 is 60.3 Å². The molecule has 124 valence electrons. The lowest BCUT2D eigenvalue weighted by atomic mass is 9.55. The summed E-state index contributed by atoms with van der Waals surface area (Å²) >= 11 is 0. The van der Waals surface area contributed by atoms with Crippen molar-refractivity contribution >= 4 is 5.96 Å². The summed E-state index contributed by atoms with van der Waals surface area (Å²) in [6.07, 6.45) is -7.77. The normalized spacial score (nSPS) is 62.4. The zero-order valence-electron chi connectivity index (χ0n) is 11.2. The zero-order chi connectivity index (χ0) is 16.1. The Bertz CT molecular complexity index is 561. The van der Waals surface area contributed by atoms with Gasteiger partial charge < -0.3 is 51.2 Å². The number of nitrogens with one attached hydrogen (secondary N) is 1. The molecule has 1 saturated carbocycles. The molecule has 22 heavy (non-hydrogen) atoms. The van der Waals surface area contributed by atoms with Gasteiger partial charge in [-0.1, -0.05) is 0 Å². The van der Waals surface area contributed by atoms with Crippen LogP contribution in [0.4, 0.5) is 0 Å². The fourth-order valence-electron chi connectivity index (χ4n) is 4.24. The summed E-state index contributed by atoms with van der Waals surface area (Å²) in [6.45, 7) is -0.857. The van der Waals surface area contributed by atoms with Gasteiger partial charge in [0, 0.05) is 0 Å². The van der Waals surface area contributed by atoms with Gasteiger partial charge in [0.25, 0.3) is 0 Å². The quantitative estimate of drug-likeness (QED) is 0.231. The van der Waals surface area contributed by atoms with Crippen molar-refractivity contribution < 1.29 is 40.1 Å². The summed E-state index contributed by atoms with van der Waals surface area (Å²) in [4.78, 5) is 3.70. The molecular weight excluding hydrogens is 302 g/mol. The molecule has 0 radical (unpaired) electrons. The number of rotatable bonds is 1. The highest BCUT2D eigenvalue weighted by atomic mass is 16.9. The van der Waals surface area contributed by atoms with E-state index in [2.05, 4.69) is 10.3 Å². The number of ether oxygens (including phenoxy) is 2. The van der Waals surface area contributed by atoms with Gasteiger partial charge in [0.05, 0.1) is 12.5 Å². The van der Waals surface area contributed by atoms with Crippen LogP contribution >= 0.6 is 0 Å². The lowest BCUT2D eigenvalue weighted by molar-refractivity contribution is -0.548. The Morgan fingerprint density at radius 3 is 2.45 bits per heavy atom. The summed E-state index contributed by atoms with van der Waals surface area (Å²) in [5.74, 6) is -3.95. The average Bonchev–Trinajstić information content (AvgIpc) is 2.45. The second kappa shape index (κ2) is 3.88. The van der Waals surface area contributed by atoms with Crippen LogP contribution in [0.3, 0.4) is 0 Å². The number of guanidine groups is 1. The molecule has 1 aliphatic carbocycles. The van der Waals surface area contributed by atoms with Crippen LogP contribution in [-0.2, 0) is 9.47 Å². The van der Waals surface area contributed by atoms with E-state index in [1.807, 2.05) is 0 Å². The maximum absolute atomic E-state index is 10.6. The van der Waals surface area contributed by atoms with Gasteiger partial charge in [-0.05, 0) is 0 Å². The van der Waals surface area contributed by atoms with Crippen LogP contribution in [0.1, 0.15) is 0 Å². The number of nitrogens with zero attached hydrogens (tertiary/aromatic N) is 1. The molecule has 1 spiro atoms. The number of nitrogens with two attached hydrogens (primary N) is 1. The molecule has 0 aromatic rings. The number of aliphatic hydroxyl groups excluding tert-OH is 4. The molecular formula is C11H17N3O8. The lowest BCUT2D eigenvalue weighted by Gasteiger charge is -2.71. The molecule has 4 aliphatic heterocycles. The Hall–Kier alpha value is -1.05. The first-order valence-electron chi connectivity index (χ1n) is 6.77. The minimum absolute atomic E-state index is 0.250. The first-order valence-corrected chi connectivity index (χ1v) is 6.77. The van der Waals surface area contributed by atoms with Gasteiger partial charge in [-0.2, -0.15) is 0 Å². The SMILES string of the molecule is NC1=N[C@H](O)[C@H]2[C@H]3O[C@]4(O)O[C@H]([C@@H](O)[C@@]2(N1)[C@@H]4O)[C@@]3(O)CO. The van der Waals surface area contributed by atoms with Crippen molar-refractivity contribution in [3.63, 3.8) is 0 Å². The predicted octanol–water partition coefficient (Wildman–Crippen LogP) is -5.52.